The Balaban J connectivity index is 1.73. The van der Waals surface area contributed by atoms with E-state index >= 15 is 0 Å². The molecule has 0 bridgehead atoms. The van der Waals surface area contributed by atoms with Crippen molar-refractivity contribution in [2.75, 3.05) is 0 Å². The quantitative estimate of drug-likeness (QED) is 0.421. The molecule has 0 saturated carbocycles. The lowest BCUT2D eigenvalue weighted by Gasteiger charge is -2.08. The summed E-state index contributed by atoms with van der Waals surface area (Å²) in [6.45, 7) is 0. The zero-order valence-electron chi connectivity index (χ0n) is 13.5. The van der Waals surface area contributed by atoms with Gasteiger partial charge in [0.25, 0.3) is 5.56 Å². The van der Waals surface area contributed by atoms with Crippen LogP contribution >= 0.6 is 11.8 Å². The molecule has 25 heavy (non-hydrogen) atoms. The number of rotatable bonds is 3. The summed E-state index contributed by atoms with van der Waals surface area (Å²) in [6, 6.07) is 15.4. The summed E-state index contributed by atoms with van der Waals surface area (Å²) in [5.74, 6) is 0.573. The maximum atomic E-state index is 12.5. The molecule has 122 valence electrons. The predicted octanol–water partition coefficient (Wildman–Crippen LogP) is 3.35. The first-order valence-electron chi connectivity index (χ1n) is 7.76. The van der Waals surface area contributed by atoms with E-state index in [-0.39, 0.29) is 5.56 Å². The lowest BCUT2D eigenvalue weighted by molar-refractivity contribution is 0.726. The zero-order chi connectivity index (χ0) is 17.4. The van der Waals surface area contributed by atoms with Crippen molar-refractivity contribution in [2.24, 2.45) is 7.05 Å². The predicted molar refractivity (Wildman–Crippen MR) is 98.7 cm³/mol. The number of hydrogen-bond donors (Lipinski definition) is 0. The molecule has 0 amide bonds. The Bertz CT molecular complexity index is 1200. The molecule has 0 atom stereocenters. The van der Waals surface area contributed by atoms with Gasteiger partial charge in [0.05, 0.1) is 22.0 Å². The molecule has 0 saturated heterocycles. The highest BCUT2D eigenvalue weighted by molar-refractivity contribution is 7.98. The number of pyridine rings is 1. The second kappa shape index (κ2) is 6.11. The third-order valence-corrected chi connectivity index (χ3v) is 5.25. The second-order valence-electron chi connectivity index (χ2n) is 5.70. The molecular weight excluding hydrogens is 332 g/mol. The number of thioether (sulfide) groups is 1. The number of hydrogen-bond acceptors (Lipinski definition) is 4. The van der Waals surface area contributed by atoms with Gasteiger partial charge in [0.15, 0.2) is 5.16 Å². The van der Waals surface area contributed by atoms with Crippen LogP contribution in [0.1, 0.15) is 11.1 Å². The number of para-hydroxylation sites is 1. The topological polar surface area (TPSA) is 63.1 Å². The van der Waals surface area contributed by atoms with Gasteiger partial charge >= 0.3 is 0 Å². The lowest BCUT2D eigenvalue weighted by atomic mass is 10.2. The lowest BCUT2D eigenvalue weighted by Crippen LogP contribution is -2.19. The van der Waals surface area contributed by atoms with E-state index < -0.39 is 0 Å². The smallest absolute Gasteiger partial charge is 0.261 e. The van der Waals surface area contributed by atoms with Crippen molar-refractivity contribution in [3.05, 3.63) is 76.3 Å². The van der Waals surface area contributed by atoms with Gasteiger partial charge in [-0.25, -0.2) is 4.98 Å². The Morgan fingerprint density at radius 1 is 1.20 bits per heavy atom. The molecule has 0 N–H and O–H groups in total. The van der Waals surface area contributed by atoms with Crippen LogP contribution in [-0.4, -0.2) is 14.0 Å². The Hall–Kier alpha value is -3.04. The molecule has 0 spiro atoms. The molecule has 0 aliphatic carbocycles. The molecule has 1 aromatic carbocycles. The molecule has 0 unspecified atom stereocenters. The maximum absolute atomic E-state index is 12.5. The summed E-state index contributed by atoms with van der Waals surface area (Å²) in [7, 11) is 1.73. The van der Waals surface area contributed by atoms with E-state index in [1.54, 1.807) is 17.7 Å². The SMILES string of the molecule is Cn1c(SCc2cn3ccccc3c2C#N)nc2ccccc2c1=O. The van der Waals surface area contributed by atoms with Gasteiger partial charge in [-0.3, -0.25) is 9.36 Å². The van der Waals surface area contributed by atoms with Crippen LogP contribution in [-0.2, 0) is 12.8 Å². The van der Waals surface area contributed by atoms with Gasteiger partial charge in [0.1, 0.15) is 6.07 Å². The molecule has 4 aromatic rings. The van der Waals surface area contributed by atoms with E-state index in [2.05, 4.69) is 11.1 Å². The van der Waals surface area contributed by atoms with Gasteiger partial charge in [-0.05, 0) is 29.8 Å². The molecule has 0 aliphatic heterocycles. The number of aromatic nitrogens is 3. The van der Waals surface area contributed by atoms with Crippen molar-refractivity contribution in [2.45, 2.75) is 10.9 Å². The Labute approximate surface area is 148 Å². The summed E-state index contributed by atoms with van der Waals surface area (Å²) in [5.41, 5.74) is 3.12. The van der Waals surface area contributed by atoms with Gasteiger partial charge in [0, 0.05) is 25.2 Å². The van der Waals surface area contributed by atoms with E-state index in [1.165, 1.54) is 11.8 Å². The van der Waals surface area contributed by atoms with Crippen LogP contribution in [0.25, 0.3) is 16.4 Å². The first kappa shape index (κ1) is 15.5. The van der Waals surface area contributed by atoms with Crippen molar-refractivity contribution >= 4 is 28.2 Å². The summed E-state index contributed by atoms with van der Waals surface area (Å²) in [4.78, 5) is 17.1. The standard InChI is InChI=1S/C19H14N4OS/c1-22-18(24)14-6-2-3-7-16(14)21-19(22)25-12-13-11-23-9-5-4-8-17(23)15(13)10-20/h2-9,11H,12H2,1H3. The molecule has 6 heteroatoms. The largest absolute Gasteiger partial charge is 0.322 e. The minimum atomic E-state index is -0.0596. The highest BCUT2D eigenvalue weighted by atomic mass is 32.2. The average Bonchev–Trinajstić information content (AvgIpc) is 3.01. The van der Waals surface area contributed by atoms with Crippen LogP contribution in [0.4, 0.5) is 0 Å². The van der Waals surface area contributed by atoms with Crippen molar-refractivity contribution in [1.82, 2.24) is 14.0 Å². The van der Waals surface area contributed by atoms with Crippen LogP contribution in [0.3, 0.4) is 0 Å². The van der Waals surface area contributed by atoms with Gasteiger partial charge in [-0.1, -0.05) is 30.0 Å². The van der Waals surface area contributed by atoms with Crippen LogP contribution in [0.15, 0.2) is 64.8 Å². The van der Waals surface area contributed by atoms with Crippen LogP contribution in [0.2, 0.25) is 0 Å². The molecule has 5 nitrogen and oxygen atoms in total. The Morgan fingerprint density at radius 2 is 2.00 bits per heavy atom. The van der Waals surface area contributed by atoms with E-state index in [0.29, 0.717) is 27.4 Å². The van der Waals surface area contributed by atoms with E-state index in [9.17, 15) is 10.1 Å². The van der Waals surface area contributed by atoms with Crippen molar-refractivity contribution in [1.29, 1.82) is 5.26 Å². The molecule has 3 heterocycles. The molecule has 4 rings (SSSR count). The van der Waals surface area contributed by atoms with E-state index in [1.807, 2.05) is 53.2 Å². The monoisotopic (exact) mass is 346 g/mol. The van der Waals surface area contributed by atoms with Crippen LogP contribution < -0.4 is 5.56 Å². The number of fused-ring (bicyclic) bond motifs is 2. The van der Waals surface area contributed by atoms with Gasteiger partial charge < -0.3 is 4.40 Å². The number of nitriles is 1. The van der Waals surface area contributed by atoms with Crippen molar-refractivity contribution in [3.8, 4) is 6.07 Å². The number of nitrogens with zero attached hydrogens (tertiary/aromatic N) is 4. The summed E-state index contributed by atoms with van der Waals surface area (Å²) in [6.07, 6.45) is 3.88. The van der Waals surface area contributed by atoms with Gasteiger partial charge in [-0.15, -0.1) is 0 Å². The molecule has 0 fully saturated rings. The molecular formula is C19H14N4OS. The normalized spacial score (nSPS) is 11.0. The third kappa shape index (κ3) is 2.59. The average molecular weight is 346 g/mol. The molecule has 0 radical (unpaired) electrons. The fourth-order valence-corrected chi connectivity index (χ4v) is 3.83. The fraction of sp³-hybridized carbons (Fsp3) is 0.105. The fourth-order valence-electron chi connectivity index (χ4n) is 2.88. The molecule has 3 aromatic heterocycles. The third-order valence-electron chi connectivity index (χ3n) is 4.17. The summed E-state index contributed by atoms with van der Waals surface area (Å²) in [5, 5.41) is 10.8. The second-order valence-corrected chi connectivity index (χ2v) is 6.64. The summed E-state index contributed by atoms with van der Waals surface area (Å²) < 4.78 is 3.51. The minimum absolute atomic E-state index is 0.0596. The van der Waals surface area contributed by atoms with E-state index in [0.717, 1.165) is 11.1 Å². The van der Waals surface area contributed by atoms with E-state index in [4.69, 9.17) is 0 Å². The first-order chi connectivity index (χ1) is 12.2. The highest BCUT2D eigenvalue weighted by Crippen LogP contribution is 2.26. The summed E-state index contributed by atoms with van der Waals surface area (Å²) >= 11 is 1.46. The van der Waals surface area contributed by atoms with Crippen molar-refractivity contribution in [3.63, 3.8) is 0 Å². The zero-order valence-corrected chi connectivity index (χ0v) is 14.3. The van der Waals surface area contributed by atoms with Crippen molar-refractivity contribution < 1.29 is 0 Å². The maximum Gasteiger partial charge on any atom is 0.261 e. The minimum Gasteiger partial charge on any atom is -0.322 e. The highest BCUT2D eigenvalue weighted by Gasteiger charge is 2.13. The molecule has 0 aliphatic rings. The van der Waals surface area contributed by atoms with Crippen LogP contribution in [0.5, 0.6) is 0 Å². The number of benzene rings is 1. The Kier molecular flexibility index (Phi) is 3.79. The van der Waals surface area contributed by atoms with Gasteiger partial charge in [-0.2, -0.15) is 5.26 Å². The van der Waals surface area contributed by atoms with Gasteiger partial charge in [0.2, 0.25) is 0 Å². The first-order valence-corrected chi connectivity index (χ1v) is 8.75. The van der Waals surface area contributed by atoms with Crippen LogP contribution in [0, 0.1) is 11.3 Å². The Morgan fingerprint density at radius 3 is 2.84 bits per heavy atom.